The molecule has 0 aliphatic carbocycles. The fourth-order valence-electron chi connectivity index (χ4n) is 5.31. The lowest BCUT2D eigenvalue weighted by atomic mass is 9.94. The number of nitrogens with zero attached hydrogens (tertiary/aromatic N) is 2. The van der Waals surface area contributed by atoms with Crippen molar-refractivity contribution in [2.75, 3.05) is 60.2 Å². The number of hydrogen-bond acceptors (Lipinski definition) is 8. The van der Waals surface area contributed by atoms with Gasteiger partial charge in [-0.3, -0.25) is 14.5 Å². The number of morpholine rings is 1. The first-order chi connectivity index (χ1) is 19.7. The minimum absolute atomic E-state index is 0.0569. The largest absolute Gasteiger partial charge is 0.507 e. The summed E-state index contributed by atoms with van der Waals surface area (Å²) in [5, 5.41) is 11.5. The average Bonchev–Trinajstić information content (AvgIpc) is 3.22. The molecule has 0 saturated carbocycles. The summed E-state index contributed by atoms with van der Waals surface area (Å²) >= 11 is 0. The summed E-state index contributed by atoms with van der Waals surface area (Å²) in [5.41, 5.74) is 1.97. The van der Waals surface area contributed by atoms with Gasteiger partial charge in [-0.25, -0.2) is 0 Å². The summed E-state index contributed by atoms with van der Waals surface area (Å²) in [6, 6.07) is 9.85. The molecule has 41 heavy (non-hydrogen) atoms. The lowest BCUT2D eigenvalue weighted by molar-refractivity contribution is -0.140. The van der Waals surface area contributed by atoms with E-state index in [1.54, 1.807) is 49.5 Å². The molecule has 9 nitrogen and oxygen atoms in total. The van der Waals surface area contributed by atoms with Gasteiger partial charge >= 0.3 is 0 Å². The molecule has 2 aromatic carbocycles. The first-order valence-electron chi connectivity index (χ1n) is 14.3. The van der Waals surface area contributed by atoms with Crippen LogP contribution in [0.25, 0.3) is 5.76 Å². The fraction of sp³-hybridized carbons (Fsp3) is 0.500. The Morgan fingerprint density at radius 1 is 1.00 bits per heavy atom. The Hall–Kier alpha value is -3.56. The number of carbonyl (C=O) groups is 2. The molecular formula is C32H42N2O7. The van der Waals surface area contributed by atoms with E-state index in [1.165, 1.54) is 0 Å². The summed E-state index contributed by atoms with van der Waals surface area (Å²) < 4.78 is 22.4. The second kappa shape index (κ2) is 13.9. The standard InChI is InChI=1S/C32H42N2O7/c1-21(2)11-16-41-26-10-7-23(20-27(26)39-5)29-28(30(35)24-8-9-25(38-4)22(3)19-24)31(36)32(37)34(29)13-6-12-33-14-17-40-18-15-33/h7-10,19-21,29,35H,6,11-18H2,1-5H3/b30-28+. The average molecular weight is 567 g/mol. The van der Waals surface area contributed by atoms with E-state index < -0.39 is 17.7 Å². The third-order valence-electron chi connectivity index (χ3n) is 7.64. The Kier molecular flexibility index (Phi) is 10.3. The van der Waals surface area contributed by atoms with Crippen LogP contribution >= 0.6 is 0 Å². The number of likely N-dealkylation sites (tertiary alicyclic amines) is 1. The molecule has 0 aromatic heterocycles. The van der Waals surface area contributed by atoms with Gasteiger partial charge in [-0.15, -0.1) is 0 Å². The SMILES string of the molecule is COc1ccc(/C(O)=C2\C(=O)C(=O)N(CCCN3CCOCC3)C2c2ccc(OCCC(C)C)c(OC)c2)cc1C. The Labute approximate surface area is 242 Å². The number of aryl methyl sites for hydroxylation is 1. The van der Waals surface area contributed by atoms with Gasteiger partial charge in [0.2, 0.25) is 0 Å². The van der Waals surface area contributed by atoms with E-state index in [1.807, 2.05) is 13.0 Å². The van der Waals surface area contributed by atoms with E-state index in [0.29, 0.717) is 67.1 Å². The van der Waals surface area contributed by atoms with Crippen LogP contribution in [0.2, 0.25) is 0 Å². The van der Waals surface area contributed by atoms with Crippen LogP contribution < -0.4 is 14.2 Å². The summed E-state index contributed by atoms with van der Waals surface area (Å²) in [5.74, 6) is 0.713. The van der Waals surface area contributed by atoms with E-state index >= 15 is 0 Å². The summed E-state index contributed by atoms with van der Waals surface area (Å²) in [4.78, 5) is 30.8. The van der Waals surface area contributed by atoms with E-state index in [2.05, 4.69) is 18.7 Å². The number of ketones is 1. The highest BCUT2D eigenvalue weighted by atomic mass is 16.5. The molecule has 2 aliphatic heterocycles. The molecule has 2 aliphatic rings. The van der Waals surface area contributed by atoms with Crippen LogP contribution in [0, 0.1) is 12.8 Å². The zero-order valence-corrected chi connectivity index (χ0v) is 24.8. The van der Waals surface area contributed by atoms with Crippen molar-refractivity contribution in [1.29, 1.82) is 0 Å². The number of benzene rings is 2. The maximum Gasteiger partial charge on any atom is 0.295 e. The van der Waals surface area contributed by atoms with E-state index in [4.69, 9.17) is 18.9 Å². The van der Waals surface area contributed by atoms with Gasteiger partial charge in [-0.2, -0.15) is 0 Å². The van der Waals surface area contributed by atoms with Crippen LogP contribution in [-0.2, 0) is 14.3 Å². The molecule has 0 spiro atoms. The van der Waals surface area contributed by atoms with Gasteiger partial charge in [0, 0.05) is 31.7 Å². The van der Waals surface area contributed by atoms with Crippen molar-refractivity contribution in [1.82, 2.24) is 9.80 Å². The molecule has 2 heterocycles. The maximum atomic E-state index is 13.5. The number of rotatable bonds is 12. The summed E-state index contributed by atoms with van der Waals surface area (Å²) in [7, 11) is 3.14. The minimum atomic E-state index is -0.777. The van der Waals surface area contributed by atoms with Crippen molar-refractivity contribution in [2.24, 2.45) is 5.92 Å². The number of Topliss-reactive ketones (excluding diaryl/α,β-unsaturated/α-hetero) is 1. The number of hydrogen-bond donors (Lipinski definition) is 1. The molecule has 9 heteroatoms. The minimum Gasteiger partial charge on any atom is -0.507 e. The topological polar surface area (TPSA) is 97.8 Å². The van der Waals surface area contributed by atoms with Gasteiger partial charge < -0.3 is 29.0 Å². The highest BCUT2D eigenvalue weighted by molar-refractivity contribution is 6.46. The number of ether oxygens (including phenoxy) is 4. The van der Waals surface area contributed by atoms with Crippen molar-refractivity contribution in [3.63, 3.8) is 0 Å². The van der Waals surface area contributed by atoms with E-state index in [0.717, 1.165) is 31.6 Å². The van der Waals surface area contributed by atoms with Gasteiger partial charge in [-0.05, 0) is 67.1 Å². The molecule has 2 saturated heterocycles. The van der Waals surface area contributed by atoms with Crippen molar-refractivity contribution in [2.45, 2.75) is 39.7 Å². The molecule has 0 bridgehead atoms. The Morgan fingerprint density at radius 3 is 2.37 bits per heavy atom. The molecule has 1 N–H and O–H groups in total. The highest BCUT2D eigenvalue weighted by Crippen LogP contribution is 2.42. The number of carbonyl (C=O) groups excluding carboxylic acids is 2. The molecule has 1 amide bonds. The van der Waals surface area contributed by atoms with Crippen LogP contribution in [0.5, 0.6) is 17.2 Å². The maximum absolute atomic E-state index is 13.5. The molecule has 4 rings (SSSR count). The molecule has 2 aromatic rings. The van der Waals surface area contributed by atoms with Crippen molar-refractivity contribution >= 4 is 17.4 Å². The van der Waals surface area contributed by atoms with Crippen LogP contribution in [0.15, 0.2) is 42.0 Å². The second-order valence-corrected chi connectivity index (χ2v) is 10.9. The van der Waals surface area contributed by atoms with Crippen LogP contribution in [0.4, 0.5) is 0 Å². The van der Waals surface area contributed by atoms with Crippen LogP contribution in [0.3, 0.4) is 0 Å². The van der Waals surface area contributed by atoms with Gasteiger partial charge in [0.1, 0.15) is 11.5 Å². The molecule has 222 valence electrons. The summed E-state index contributed by atoms with van der Waals surface area (Å²) in [6.45, 7) is 10.9. The van der Waals surface area contributed by atoms with Crippen molar-refractivity contribution in [3.05, 3.63) is 58.7 Å². The molecule has 1 atom stereocenters. The van der Waals surface area contributed by atoms with E-state index in [-0.39, 0.29) is 11.3 Å². The molecule has 2 fully saturated rings. The third kappa shape index (κ3) is 7.02. The zero-order valence-electron chi connectivity index (χ0n) is 24.8. The van der Waals surface area contributed by atoms with Gasteiger partial charge in [-0.1, -0.05) is 19.9 Å². The van der Waals surface area contributed by atoms with Crippen LogP contribution in [-0.4, -0.2) is 86.8 Å². The Bertz CT molecular complexity index is 1270. The predicted molar refractivity (Wildman–Crippen MR) is 157 cm³/mol. The Morgan fingerprint density at radius 2 is 1.71 bits per heavy atom. The van der Waals surface area contributed by atoms with Gasteiger partial charge in [0.15, 0.2) is 11.5 Å². The number of amides is 1. The van der Waals surface area contributed by atoms with Crippen molar-refractivity contribution in [3.8, 4) is 17.2 Å². The number of aliphatic hydroxyl groups is 1. The van der Waals surface area contributed by atoms with Gasteiger partial charge in [0.05, 0.1) is 45.7 Å². The zero-order chi connectivity index (χ0) is 29.5. The second-order valence-electron chi connectivity index (χ2n) is 10.9. The molecule has 0 radical (unpaired) electrons. The first kappa shape index (κ1) is 30.4. The number of aliphatic hydroxyl groups excluding tert-OH is 1. The third-order valence-corrected chi connectivity index (χ3v) is 7.64. The predicted octanol–water partition coefficient (Wildman–Crippen LogP) is 4.58. The monoisotopic (exact) mass is 566 g/mol. The number of methoxy groups -OCH3 is 2. The first-order valence-corrected chi connectivity index (χ1v) is 14.3. The molecule has 1 unspecified atom stereocenters. The lowest BCUT2D eigenvalue weighted by Gasteiger charge is -2.29. The molecular weight excluding hydrogens is 524 g/mol. The quantitative estimate of drug-likeness (QED) is 0.227. The van der Waals surface area contributed by atoms with Gasteiger partial charge in [0.25, 0.3) is 11.7 Å². The lowest BCUT2D eigenvalue weighted by Crippen LogP contribution is -2.39. The van der Waals surface area contributed by atoms with Crippen LogP contribution in [0.1, 0.15) is 49.4 Å². The smallest absolute Gasteiger partial charge is 0.295 e. The van der Waals surface area contributed by atoms with E-state index in [9.17, 15) is 14.7 Å². The van der Waals surface area contributed by atoms with Crippen molar-refractivity contribution < 1.29 is 33.6 Å². The fourth-order valence-corrected chi connectivity index (χ4v) is 5.31. The summed E-state index contributed by atoms with van der Waals surface area (Å²) in [6.07, 6.45) is 1.58. The Balaban J connectivity index is 1.71. The normalized spacial score (nSPS) is 19.2. The highest BCUT2D eigenvalue weighted by Gasteiger charge is 2.46.